The molecule has 1 heterocycles. The second-order valence-corrected chi connectivity index (χ2v) is 7.28. The van der Waals surface area contributed by atoms with E-state index in [0.29, 0.717) is 28.6 Å². The van der Waals surface area contributed by atoms with Gasteiger partial charge in [-0.1, -0.05) is 53.2 Å². The maximum atomic E-state index is 5.91. The van der Waals surface area contributed by atoms with Crippen molar-refractivity contribution in [2.75, 3.05) is 0 Å². The van der Waals surface area contributed by atoms with Crippen LogP contribution in [0.2, 0.25) is 5.02 Å². The van der Waals surface area contributed by atoms with Gasteiger partial charge in [0.15, 0.2) is 0 Å². The zero-order valence-electron chi connectivity index (χ0n) is 14.5. The highest BCUT2D eigenvalue weighted by Gasteiger charge is 2.20. The van der Waals surface area contributed by atoms with Gasteiger partial charge < -0.3 is 4.52 Å². The van der Waals surface area contributed by atoms with E-state index in [4.69, 9.17) is 16.1 Å². The molecule has 3 nitrogen and oxygen atoms in total. The summed E-state index contributed by atoms with van der Waals surface area (Å²) in [4.78, 5) is 4.45. The Morgan fingerprint density at radius 3 is 2.38 bits per heavy atom. The smallest absolute Gasteiger partial charge is 0.250 e. The molecule has 132 valence electrons. The van der Waals surface area contributed by atoms with Gasteiger partial charge in [-0.3, -0.25) is 0 Å². The van der Waals surface area contributed by atoms with Gasteiger partial charge in [0.2, 0.25) is 5.82 Å². The standard InChI is InChI=1S/C22H21ClN2O/c23-20-13-11-19(12-14-20)22-24-21(26-25-22)15-8-16-6-9-18(10-7-16)17-4-2-1-3-5-17/h1-5,8,11-16,18H,6-7,9-10H2. The first kappa shape index (κ1) is 17.0. The summed E-state index contributed by atoms with van der Waals surface area (Å²) >= 11 is 5.91. The second kappa shape index (κ2) is 7.88. The van der Waals surface area contributed by atoms with E-state index in [2.05, 4.69) is 46.5 Å². The van der Waals surface area contributed by atoms with Crippen LogP contribution >= 0.6 is 11.6 Å². The first-order chi connectivity index (χ1) is 12.8. The van der Waals surface area contributed by atoms with Crippen molar-refractivity contribution < 1.29 is 4.52 Å². The third-order valence-electron chi connectivity index (χ3n) is 5.10. The molecule has 0 atom stereocenters. The lowest BCUT2D eigenvalue weighted by molar-refractivity contribution is 0.375. The van der Waals surface area contributed by atoms with Gasteiger partial charge >= 0.3 is 0 Å². The normalized spacial score (nSPS) is 20.5. The van der Waals surface area contributed by atoms with Crippen molar-refractivity contribution >= 4 is 17.7 Å². The minimum Gasteiger partial charge on any atom is -0.334 e. The molecule has 0 unspecified atom stereocenters. The number of hydrogen-bond acceptors (Lipinski definition) is 3. The first-order valence-electron chi connectivity index (χ1n) is 9.11. The molecular formula is C22H21ClN2O. The predicted molar refractivity (Wildman–Crippen MR) is 105 cm³/mol. The van der Waals surface area contributed by atoms with Gasteiger partial charge in [0.25, 0.3) is 5.89 Å². The molecule has 0 N–H and O–H groups in total. The first-order valence-corrected chi connectivity index (χ1v) is 9.48. The molecule has 0 saturated heterocycles. The number of nitrogens with zero attached hydrogens (tertiary/aromatic N) is 2. The number of hydrogen-bond donors (Lipinski definition) is 0. The van der Waals surface area contributed by atoms with E-state index < -0.39 is 0 Å². The number of halogens is 1. The monoisotopic (exact) mass is 364 g/mol. The lowest BCUT2D eigenvalue weighted by Gasteiger charge is -2.26. The average Bonchev–Trinajstić information content (AvgIpc) is 3.17. The fourth-order valence-corrected chi connectivity index (χ4v) is 3.73. The fourth-order valence-electron chi connectivity index (χ4n) is 3.61. The molecule has 0 aliphatic heterocycles. The summed E-state index contributed by atoms with van der Waals surface area (Å²) in [5, 5.41) is 4.75. The van der Waals surface area contributed by atoms with Crippen molar-refractivity contribution in [2.24, 2.45) is 5.92 Å². The van der Waals surface area contributed by atoms with Crippen LogP contribution in [0.15, 0.2) is 65.2 Å². The Morgan fingerprint density at radius 2 is 1.65 bits per heavy atom. The summed E-state index contributed by atoms with van der Waals surface area (Å²) in [6.07, 6.45) is 9.06. The summed E-state index contributed by atoms with van der Waals surface area (Å²) in [6, 6.07) is 18.3. The van der Waals surface area contributed by atoms with E-state index in [-0.39, 0.29) is 0 Å². The Bertz CT molecular complexity index is 863. The minimum atomic E-state index is 0.556. The number of rotatable bonds is 4. The SMILES string of the molecule is Clc1ccc(-c2noc(C=CC3CCC(c4ccccc4)CC3)n2)cc1. The molecule has 1 aliphatic rings. The van der Waals surface area contributed by atoms with Gasteiger partial charge in [-0.25, -0.2) is 0 Å². The van der Waals surface area contributed by atoms with Gasteiger partial charge in [-0.05, 0) is 73.4 Å². The van der Waals surface area contributed by atoms with Crippen LogP contribution in [-0.2, 0) is 0 Å². The van der Waals surface area contributed by atoms with Crippen molar-refractivity contribution in [1.82, 2.24) is 10.1 Å². The van der Waals surface area contributed by atoms with Crippen molar-refractivity contribution in [3.8, 4) is 11.4 Å². The largest absolute Gasteiger partial charge is 0.334 e. The van der Waals surface area contributed by atoms with Gasteiger partial charge in [0, 0.05) is 10.6 Å². The zero-order valence-corrected chi connectivity index (χ0v) is 15.3. The molecule has 0 radical (unpaired) electrons. The van der Waals surface area contributed by atoms with Crippen LogP contribution in [0.5, 0.6) is 0 Å². The molecule has 0 amide bonds. The summed E-state index contributed by atoms with van der Waals surface area (Å²) in [6.45, 7) is 0. The Balaban J connectivity index is 1.35. The summed E-state index contributed by atoms with van der Waals surface area (Å²) in [5.41, 5.74) is 2.38. The zero-order chi connectivity index (χ0) is 17.8. The van der Waals surface area contributed by atoms with Gasteiger partial charge in [0.1, 0.15) is 0 Å². The van der Waals surface area contributed by atoms with Crippen LogP contribution in [0.25, 0.3) is 17.5 Å². The summed E-state index contributed by atoms with van der Waals surface area (Å²) in [7, 11) is 0. The molecule has 0 bridgehead atoms. The van der Waals surface area contributed by atoms with Gasteiger partial charge in [-0.15, -0.1) is 0 Å². The van der Waals surface area contributed by atoms with Crippen molar-refractivity contribution in [1.29, 1.82) is 0 Å². The highest BCUT2D eigenvalue weighted by molar-refractivity contribution is 6.30. The molecule has 0 spiro atoms. The second-order valence-electron chi connectivity index (χ2n) is 6.84. The van der Waals surface area contributed by atoms with Crippen LogP contribution < -0.4 is 0 Å². The van der Waals surface area contributed by atoms with Crippen molar-refractivity contribution in [3.05, 3.63) is 77.2 Å². The van der Waals surface area contributed by atoms with Crippen molar-refractivity contribution in [3.63, 3.8) is 0 Å². The van der Waals surface area contributed by atoms with E-state index in [9.17, 15) is 0 Å². The van der Waals surface area contributed by atoms with E-state index in [1.807, 2.05) is 30.3 Å². The molecule has 4 rings (SSSR count). The highest BCUT2D eigenvalue weighted by atomic mass is 35.5. The lowest BCUT2D eigenvalue weighted by Crippen LogP contribution is -2.11. The predicted octanol–water partition coefficient (Wildman–Crippen LogP) is 6.38. The van der Waals surface area contributed by atoms with Gasteiger partial charge in [0.05, 0.1) is 0 Å². The third kappa shape index (κ3) is 4.05. The topological polar surface area (TPSA) is 38.9 Å². The van der Waals surface area contributed by atoms with Crippen LogP contribution in [0.4, 0.5) is 0 Å². The highest BCUT2D eigenvalue weighted by Crippen LogP contribution is 2.36. The minimum absolute atomic E-state index is 0.556. The molecule has 1 fully saturated rings. The summed E-state index contributed by atoms with van der Waals surface area (Å²) in [5.74, 6) is 2.43. The van der Waals surface area contributed by atoms with E-state index in [1.165, 1.54) is 31.2 Å². The third-order valence-corrected chi connectivity index (χ3v) is 5.35. The van der Waals surface area contributed by atoms with Crippen LogP contribution in [0.3, 0.4) is 0 Å². The Morgan fingerprint density at radius 1 is 0.923 bits per heavy atom. The average molecular weight is 365 g/mol. The molecule has 4 heteroatoms. The number of aromatic nitrogens is 2. The van der Waals surface area contributed by atoms with Crippen LogP contribution in [-0.4, -0.2) is 10.1 Å². The van der Waals surface area contributed by atoms with Crippen LogP contribution in [0.1, 0.15) is 43.1 Å². The van der Waals surface area contributed by atoms with E-state index in [1.54, 1.807) is 0 Å². The Kier molecular flexibility index (Phi) is 5.16. The number of allylic oxidation sites excluding steroid dienone is 1. The molecule has 3 aromatic rings. The lowest BCUT2D eigenvalue weighted by atomic mass is 9.78. The van der Waals surface area contributed by atoms with Crippen molar-refractivity contribution in [2.45, 2.75) is 31.6 Å². The molecule has 2 aromatic carbocycles. The molecule has 26 heavy (non-hydrogen) atoms. The molecule has 1 aromatic heterocycles. The molecular weight excluding hydrogens is 344 g/mol. The quantitative estimate of drug-likeness (QED) is 0.539. The summed E-state index contributed by atoms with van der Waals surface area (Å²) < 4.78 is 5.35. The maximum Gasteiger partial charge on any atom is 0.250 e. The maximum absolute atomic E-state index is 5.91. The van der Waals surface area contributed by atoms with Gasteiger partial charge in [-0.2, -0.15) is 4.98 Å². The fraction of sp³-hybridized carbons (Fsp3) is 0.273. The Labute approximate surface area is 158 Å². The van der Waals surface area contributed by atoms with E-state index in [0.717, 1.165) is 5.56 Å². The van der Waals surface area contributed by atoms with Crippen LogP contribution in [0, 0.1) is 5.92 Å². The molecule has 1 saturated carbocycles. The van der Waals surface area contributed by atoms with E-state index >= 15 is 0 Å². The molecule has 1 aliphatic carbocycles. The Hall–Kier alpha value is -2.39. The number of benzene rings is 2.